The van der Waals surface area contributed by atoms with E-state index in [9.17, 15) is 4.79 Å². The van der Waals surface area contributed by atoms with Gasteiger partial charge in [0.05, 0.1) is 25.2 Å². The molecule has 0 aliphatic carbocycles. The molecule has 1 aromatic heterocycles. The summed E-state index contributed by atoms with van der Waals surface area (Å²) in [6, 6.07) is 9.29. The maximum absolute atomic E-state index is 11.8. The van der Waals surface area contributed by atoms with Crippen LogP contribution in [0.1, 0.15) is 26.3 Å². The molecule has 0 aliphatic heterocycles. The molecule has 128 valence electrons. The third kappa shape index (κ3) is 5.79. The number of aromatic nitrogens is 1. The maximum atomic E-state index is 11.8. The first-order valence-electron chi connectivity index (χ1n) is 7.56. The average molecular weight is 330 g/mol. The Morgan fingerprint density at radius 2 is 1.83 bits per heavy atom. The summed E-state index contributed by atoms with van der Waals surface area (Å²) in [6.07, 6.45) is 2.59. The predicted molar refractivity (Wildman–Crippen MR) is 91.4 cm³/mol. The van der Waals surface area contributed by atoms with Crippen molar-refractivity contribution in [3.63, 3.8) is 0 Å². The molecule has 0 spiro atoms. The lowest BCUT2D eigenvalue weighted by Crippen LogP contribution is -2.27. The number of benzene rings is 1. The largest absolute Gasteiger partial charge is 0.497 e. The van der Waals surface area contributed by atoms with Crippen LogP contribution < -0.4 is 14.8 Å². The number of carbonyl (C=O) groups is 1. The number of methoxy groups -OCH3 is 1. The zero-order valence-corrected chi connectivity index (χ0v) is 14.3. The first kappa shape index (κ1) is 17.6. The fourth-order valence-corrected chi connectivity index (χ4v) is 1.88. The topological polar surface area (TPSA) is 69.7 Å². The molecule has 0 fully saturated rings. The Kier molecular flexibility index (Phi) is 5.63. The van der Waals surface area contributed by atoms with Crippen LogP contribution in [0.2, 0.25) is 0 Å². The molecule has 0 bridgehead atoms. The van der Waals surface area contributed by atoms with Gasteiger partial charge < -0.3 is 14.2 Å². The van der Waals surface area contributed by atoms with Gasteiger partial charge in [-0.3, -0.25) is 10.3 Å². The second kappa shape index (κ2) is 7.68. The van der Waals surface area contributed by atoms with Gasteiger partial charge in [-0.25, -0.2) is 4.79 Å². The molecule has 2 rings (SSSR count). The van der Waals surface area contributed by atoms with Gasteiger partial charge in [0.1, 0.15) is 23.7 Å². The highest BCUT2D eigenvalue weighted by atomic mass is 16.6. The summed E-state index contributed by atoms with van der Waals surface area (Å²) in [7, 11) is 1.63. The number of hydrogen-bond donors (Lipinski definition) is 1. The molecular formula is C18H22N2O4. The van der Waals surface area contributed by atoms with Gasteiger partial charge >= 0.3 is 6.09 Å². The van der Waals surface area contributed by atoms with Crippen molar-refractivity contribution in [2.24, 2.45) is 0 Å². The van der Waals surface area contributed by atoms with E-state index in [2.05, 4.69) is 10.3 Å². The third-order valence-electron chi connectivity index (χ3n) is 2.92. The van der Waals surface area contributed by atoms with Crippen LogP contribution in [-0.4, -0.2) is 23.8 Å². The Morgan fingerprint density at radius 3 is 2.46 bits per heavy atom. The van der Waals surface area contributed by atoms with E-state index >= 15 is 0 Å². The summed E-state index contributed by atoms with van der Waals surface area (Å²) in [4.78, 5) is 15.8. The van der Waals surface area contributed by atoms with Crippen LogP contribution >= 0.6 is 0 Å². The minimum Gasteiger partial charge on any atom is -0.497 e. The predicted octanol–water partition coefficient (Wildman–Crippen LogP) is 4.02. The highest BCUT2D eigenvalue weighted by Crippen LogP contribution is 2.19. The van der Waals surface area contributed by atoms with Crippen molar-refractivity contribution < 1.29 is 19.0 Å². The lowest BCUT2D eigenvalue weighted by Gasteiger charge is -2.19. The van der Waals surface area contributed by atoms with Crippen LogP contribution in [0.15, 0.2) is 42.7 Å². The fraction of sp³-hybridized carbons (Fsp3) is 0.333. The summed E-state index contributed by atoms with van der Waals surface area (Å²) in [6.45, 7) is 5.80. The molecule has 1 heterocycles. The zero-order valence-electron chi connectivity index (χ0n) is 14.3. The van der Waals surface area contributed by atoms with Crippen LogP contribution in [0, 0.1) is 0 Å². The minimum atomic E-state index is -0.556. The van der Waals surface area contributed by atoms with E-state index in [1.165, 1.54) is 6.20 Å². The number of nitrogens with zero attached hydrogens (tertiary/aromatic N) is 1. The molecule has 6 nitrogen and oxygen atoms in total. The Morgan fingerprint density at radius 1 is 1.12 bits per heavy atom. The van der Waals surface area contributed by atoms with Crippen molar-refractivity contribution in [1.82, 2.24) is 4.98 Å². The molecule has 0 aliphatic rings. The number of ether oxygens (including phenoxy) is 3. The second-order valence-electron chi connectivity index (χ2n) is 6.17. The van der Waals surface area contributed by atoms with Crippen LogP contribution in [0.4, 0.5) is 10.5 Å². The number of pyridine rings is 1. The molecule has 0 saturated carbocycles. The molecule has 6 heteroatoms. The average Bonchev–Trinajstić information content (AvgIpc) is 2.52. The highest BCUT2D eigenvalue weighted by Gasteiger charge is 2.16. The van der Waals surface area contributed by atoms with E-state index in [-0.39, 0.29) is 0 Å². The molecule has 24 heavy (non-hydrogen) atoms. The number of anilines is 1. The van der Waals surface area contributed by atoms with Gasteiger partial charge in [-0.05, 0) is 38.5 Å². The fourth-order valence-electron chi connectivity index (χ4n) is 1.88. The number of nitrogens with one attached hydrogen (secondary N) is 1. The number of amides is 1. The van der Waals surface area contributed by atoms with Gasteiger partial charge in [0.2, 0.25) is 0 Å². The summed E-state index contributed by atoms with van der Waals surface area (Å²) < 4.78 is 16.0. The van der Waals surface area contributed by atoms with E-state index in [1.54, 1.807) is 40.1 Å². The summed E-state index contributed by atoms with van der Waals surface area (Å²) in [5, 5.41) is 2.63. The number of rotatable bonds is 5. The molecule has 1 N–H and O–H groups in total. The first-order valence-corrected chi connectivity index (χ1v) is 7.56. The van der Waals surface area contributed by atoms with E-state index in [0.717, 1.165) is 11.3 Å². The molecular weight excluding hydrogens is 308 g/mol. The Hall–Kier alpha value is -2.76. The Bertz CT molecular complexity index is 678. The van der Waals surface area contributed by atoms with Crippen molar-refractivity contribution in [1.29, 1.82) is 0 Å². The third-order valence-corrected chi connectivity index (χ3v) is 2.92. The number of hydrogen-bond acceptors (Lipinski definition) is 5. The Balaban J connectivity index is 1.93. The first-order chi connectivity index (χ1) is 11.4. The maximum Gasteiger partial charge on any atom is 0.412 e. The van der Waals surface area contributed by atoms with Gasteiger partial charge in [-0.1, -0.05) is 12.1 Å². The zero-order chi connectivity index (χ0) is 17.6. The van der Waals surface area contributed by atoms with Crippen LogP contribution in [-0.2, 0) is 11.3 Å². The normalized spacial score (nSPS) is 10.8. The van der Waals surface area contributed by atoms with E-state index in [0.29, 0.717) is 18.0 Å². The highest BCUT2D eigenvalue weighted by molar-refractivity contribution is 5.84. The molecule has 0 radical (unpaired) electrons. The molecule has 1 amide bonds. The molecule has 2 aromatic rings. The smallest absolute Gasteiger partial charge is 0.412 e. The molecule has 0 atom stereocenters. The lowest BCUT2D eigenvalue weighted by molar-refractivity contribution is 0.0636. The number of carbonyl (C=O) groups excluding carboxylic acids is 1. The summed E-state index contributed by atoms with van der Waals surface area (Å²) in [5.74, 6) is 1.35. The molecule has 0 unspecified atom stereocenters. The monoisotopic (exact) mass is 330 g/mol. The Labute approximate surface area is 141 Å². The van der Waals surface area contributed by atoms with Crippen LogP contribution in [0.3, 0.4) is 0 Å². The quantitative estimate of drug-likeness (QED) is 0.897. The van der Waals surface area contributed by atoms with Gasteiger partial charge in [0.15, 0.2) is 0 Å². The lowest BCUT2D eigenvalue weighted by atomic mass is 10.2. The van der Waals surface area contributed by atoms with E-state index in [4.69, 9.17) is 14.2 Å². The second-order valence-corrected chi connectivity index (χ2v) is 6.17. The molecule has 1 aromatic carbocycles. The van der Waals surface area contributed by atoms with Crippen LogP contribution in [0.5, 0.6) is 11.5 Å². The van der Waals surface area contributed by atoms with Crippen molar-refractivity contribution in [3.8, 4) is 11.5 Å². The van der Waals surface area contributed by atoms with E-state index in [1.807, 2.05) is 24.3 Å². The van der Waals surface area contributed by atoms with Crippen molar-refractivity contribution >= 4 is 11.8 Å². The molecule has 0 saturated heterocycles. The van der Waals surface area contributed by atoms with E-state index < -0.39 is 11.7 Å². The van der Waals surface area contributed by atoms with Gasteiger partial charge in [-0.2, -0.15) is 0 Å². The summed E-state index contributed by atoms with van der Waals surface area (Å²) >= 11 is 0. The summed E-state index contributed by atoms with van der Waals surface area (Å²) in [5.41, 5.74) is 0.956. The van der Waals surface area contributed by atoms with Gasteiger partial charge in [-0.15, -0.1) is 0 Å². The SMILES string of the molecule is COc1ccc(COc2cncc(NC(=O)OC(C)(C)C)c2)cc1. The van der Waals surface area contributed by atoms with Crippen LogP contribution in [0.25, 0.3) is 0 Å². The van der Waals surface area contributed by atoms with Crippen molar-refractivity contribution in [3.05, 3.63) is 48.3 Å². The van der Waals surface area contributed by atoms with Crippen molar-refractivity contribution in [2.45, 2.75) is 33.0 Å². The minimum absolute atomic E-state index is 0.390. The standard InChI is InChI=1S/C18H22N2O4/c1-18(2,3)24-17(21)20-14-9-16(11-19-10-14)23-12-13-5-7-15(22-4)8-6-13/h5-11H,12H2,1-4H3,(H,20,21). The van der Waals surface area contributed by atoms with Crippen molar-refractivity contribution in [2.75, 3.05) is 12.4 Å². The van der Waals surface area contributed by atoms with Gasteiger partial charge in [0.25, 0.3) is 0 Å². The van der Waals surface area contributed by atoms with Gasteiger partial charge in [0, 0.05) is 6.07 Å².